The second-order valence-corrected chi connectivity index (χ2v) is 5.77. The number of hydrogen-bond donors (Lipinski definition) is 2. The minimum absolute atomic E-state index is 0.157. The van der Waals surface area contributed by atoms with Crippen molar-refractivity contribution < 1.29 is 9.59 Å². The van der Waals surface area contributed by atoms with Gasteiger partial charge in [-0.25, -0.2) is 0 Å². The molecule has 114 valence electrons. The predicted octanol–water partition coefficient (Wildman–Crippen LogP) is 2.45. The molecule has 0 spiro atoms. The SMILES string of the molecule is Cc1ccccc1CNC(=O)C(=O)NC1CCCCCC1. The Hall–Kier alpha value is -1.84. The van der Waals surface area contributed by atoms with Crippen LogP contribution in [0.15, 0.2) is 24.3 Å². The maximum absolute atomic E-state index is 11.9. The monoisotopic (exact) mass is 288 g/mol. The van der Waals surface area contributed by atoms with Crippen molar-refractivity contribution in [2.75, 3.05) is 0 Å². The minimum Gasteiger partial charge on any atom is -0.345 e. The van der Waals surface area contributed by atoms with Gasteiger partial charge in [0.1, 0.15) is 0 Å². The van der Waals surface area contributed by atoms with Crippen molar-refractivity contribution in [3.05, 3.63) is 35.4 Å². The van der Waals surface area contributed by atoms with Crippen molar-refractivity contribution in [2.24, 2.45) is 0 Å². The second-order valence-electron chi connectivity index (χ2n) is 5.77. The van der Waals surface area contributed by atoms with Crippen LogP contribution in [0.4, 0.5) is 0 Å². The van der Waals surface area contributed by atoms with Gasteiger partial charge in [-0.2, -0.15) is 0 Å². The number of aryl methyl sites for hydroxylation is 1. The van der Waals surface area contributed by atoms with E-state index in [9.17, 15) is 9.59 Å². The number of rotatable bonds is 3. The van der Waals surface area contributed by atoms with Crippen LogP contribution >= 0.6 is 0 Å². The lowest BCUT2D eigenvalue weighted by atomic mass is 10.1. The van der Waals surface area contributed by atoms with Crippen LogP contribution in [-0.2, 0) is 16.1 Å². The highest BCUT2D eigenvalue weighted by Crippen LogP contribution is 2.17. The van der Waals surface area contributed by atoms with Crippen LogP contribution in [0.3, 0.4) is 0 Å². The number of carbonyl (C=O) groups excluding carboxylic acids is 2. The molecular formula is C17H24N2O2. The summed E-state index contributed by atoms with van der Waals surface area (Å²) in [7, 11) is 0. The summed E-state index contributed by atoms with van der Waals surface area (Å²) in [6, 6.07) is 8.00. The molecule has 1 aliphatic carbocycles. The smallest absolute Gasteiger partial charge is 0.309 e. The van der Waals surface area contributed by atoms with E-state index in [-0.39, 0.29) is 6.04 Å². The first-order valence-electron chi connectivity index (χ1n) is 7.80. The maximum Gasteiger partial charge on any atom is 0.309 e. The molecule has 0 aliphatic heterocycles. The van der Waals surface area contributed by atoms with Crippen LogP contribution in [0.25, 0.3) is 0 Å². The van der Waals surface area contributed by atoms with Gasteiger partial charge in [-0.05, 0) is 30.9 Å². The average molecular weight is 288 g/mol. The topological polar surface area (TPSA) is 58.2 Å². The molecule has 1 fully saturated rings. The third-order valence-corrected chi connectivity index (χ3v) is 4.10. The van der Waals surface area contributed by atoms with Gasteiger partial charge in [0.2, 0.25) is 0 Å². The van der Waals surface area contributed by atoms with Crippen LogP contribution in [0.5, 0.6) is 0 Å². The van der Waals surface area contributed by atoms with E-state index in [0.29, 0.717) is 6.54 Å². The molecular weight excluding hydrogens is 264 g/mol. The molecule has 1 aromatic carbocycles. The Bertz CT molecular complexity index is 491. The first kappa shape index (κ1) is 15.5. The number of nitrogens with one attached hydrogen (secondary N) is 2. The molecule has 1 aliphatic rings. The lowest BCUT2D eigenvalue weighted by Gasteiger charge is -2.16. The second kappa shape index (κ2) is 7.81. The van der Waals surface area contributed by atoms with Gasteiger partial charge in [0.15, 0.2) is 0 Å². The van der Waals surface area contributed by atoms with Crippen molar-refractivity contribution in [1.29, 1.82) is 0 Å². The summed E-state index contributed by atoms with van der Waals surface area (Å²) in [6.07, 6.45) is 6.69. The zero-order valence-corrected chi connectivity index (χ0v) is 12.7. The molecule has 0 bridgehead atoms. The molecule has 0 atom stereocenters. The molecule has 4 nitrogen and oxygen atoms in total. The van der Waals surface area contributed by atoms with E-state index >= 15 is 0 Å². The summed E-state index contributed by atoms with van der Waals surface area (Å²) >= 11 is 0. The van der Waals surface area contributed by atoms with E-state index in [0.717, 1.165) is 36.8 Å². The molecule has 0 aromatic heterocycles. The van der Waals surface area contributed by atoms with E-state index in [2.05, 4.69) is 10.6 Å². The third kappa shape index (κ3) is 4.88. The molecule has 2 amide bonds. The molecule has 4 heteroatoms. The van der Waals surface area contributed by atoms with E-state index in [1.807, 2.05) is 31.2 Å². The standard InChI is InChI=1S/C17H24N2O2/c1-13-8-6-7-9-14(13)12-18-16(20)17(21)19-15-10-4-2-3-5-11-15/h6-9,15H,2-5,10-12H2,1H3,(H,18,20)(H,19,21). The largest absolute Gasteiger partial charge is 0.345 e. The van der Waals surface area contributed by atoms with Crippen LogP contribution < -0.4 is 10.6 Å². The Balaban J connectivity index is 1.79. The van der Waals surface area contributed by atoms with Crippen molar-refractivity contribution in [2.45, 2.75) is 58.0 Å². The Morgan fingerprint density at radius 1 is 1.05 bits per heavy atom. The fraction of sp³-hybridized carbons (Fsp3) is 0.529. The molecule has 1 saturated carbocycles. The lowest BCUT2D eigenvalue weighted by Crippen LogP contribution is -2.44. The normalized spacial score (nSPS) is 16.0. The number of amides is 2. The van der Waals surface area contributed by atoms with Crippen LogP contribution in [0.2, 0.25) is 0 Å². The first-order chi connectivity index (χ1) is 10.2. The average Bonchev–Trinajstić information content (AvgIpc) is 2.74. The quantitative estimate of drug-likeness (QED) is 0.663. The van der Waals surface area contributed by atoms with Crippen molar-refractivity contribution in [3.63, 3.8) is 0 Å². The maximum atomic E-state index is 11.9. The van der Waals surface area contributed by atoms with Gasteiger partial charge < -0.3 is 10.6 Å². The van der Waals surface area contributed by atoms with Crippen molar-refractivity contribution in [3.8, 4) is 0 Å². The Morgan fingerprint density at radius 3 is 2.38 bits per heavy atom. The van der Waals surface area contributed by atoms with Gasteiger partial charge in [-0.15, -0.1) is 0 Å². The van der Waals surface area contributed by atoms with Crippen LogP contribution in [0, 0.1) is 6.92 Å². The lowest BCUT2D eigenvalue weighted by molar-refractivity contribution is -0.139. The van der Waals surface area contributed by atoms with Gasteiger partial charge in [0.05, 0.1) is 0 Å². The van der Waals surface area contributed by atoms with E-state index in [4.69, 9.17) is 0 Å². The van der Waals surface area contributed by atoms with E-state index in [1.54, 1.807) is 0 Å². The molecule has 0 heterocycles. The molecule has 2 rings (SSSR count). The third-order valence-electron chi connectivity index (χ3n) is 4.10. The van der Waals surface area contributed by atoms with Crippen LogP contribution in [0.1, 0.15) is 49.7 Å². The summed E-state index contributed by atoms with van der Waals surface area (Å²) < 4.78 is 0. The fourth-order valence-electron chi connectivity index (χ4n) is 2.74. The molecule has 21 heavy (non-hydrogen) atoms. The highest BCUT2D eigenvalue weighted by atomic mass is 16.2. The van der Waals surface area contributed by atoms with Crippen molar-refractivity contribution in [1.82, 2.24) is 10.6 Å². The van der Waals surface area contributed by atoms with Gasteiger partial charge in [0.25, 0.3) is 0 Å². The zero-order chi connectivity index (χ0) is 15.1. The van der Waals surface area contributed by atoms with E-state index < -0.39 is 11.8 Å². The van der Waals surface area contributed by atoms with Crippen molar-refractivity contribution >= 4 is 11.8 Å². The Kier molecular flexibility index (Phi) is 5.78. The minimum atomic E-state index is -0.539. The predicted molar refractivity (Wildman–Crippen MR) is 82.7 cm³/mol. The fourth-order valence-corrected chi connectivity index (χ4v) is 2.74. The van der Waals surface area contributed by atoms with Crippen LogP contribution in [-0.4, -0.2) is 17.9 Å². The highest BCUT2D eigenvalue weighted by molar-refractivity contribution is 6.35. The molecule has 1 aromatic rings. The molecule has 0 radical (unpaired) electrons. The highest BCUT2D eigenvalue weighted by Gasteiger charge is 2.19. The summed E-state index contributed by atoms with van der Waals surface area (Å²) in [5.74, 6) is -1.04. The van der Waals surface area contributed by atoms with Gasteiger partial charge in [0, 0.05) is 12.6 Å². The summed E-state index contributed by atoms with van der Waals surface area (Å²) in [4.78, 5) is 23.8. The molecule has 0 saturated heterocycles. The first-order valence-corrected chi connectivity index (χ1v) is 7.80. The Morgan fingerprint density at radius 2 is 1.71 bits per heavy atom. The zero-order valence-electron chi connectivity index (χ0n) is 12.7. The number of carbonyl (C=O) groups is 2. The molecule has 0 unspecified atom stereocenters. The van der Waals surface area contributed by atoms with Gasteiger partial charge in [-0.3, -0.25) is 9.59 Å². The van der Waals surface area contributed by atoms with E-state index in [1.165, 1.54) is 12.8 Å². The Labute approximate surface area is 126 Å². The van der Waals surface area contributed by atoms with Gasteiger partial charge in [-0.1, -0.05) is 49.9 Å². The summed E-state index contributed by atoms with van der Waals surface area (Å²) in [5, 5.41) is 5.55. The summed E-state index contributed by atoms with van der Waals surface area (Å²) in [6.45, 7) is 2.39. The van der Waals surface area contributed by atoms with Gasteiger partial charge >= 0.3 is 11.8 Å². The molecule has 2 N–H and O–H groups in total. The summed E-state index contributed by atoms with van der Waals surface area (Å²) in [5.41, 5.74) is 2.15. The number of hydrogen-bond acceptors (Lipinski definition) is 2. The number of benzene rings is 1.